The minimum atomic E-state index is -0.629. The topological polar surface area (TPSA) is 99.1 Å². The van der Waals surface area contributed by atoms with Crippen LogP contribution < -0.4 is 5.48 Å². The van der Waals surface area contributed by atoms with Crippen LogP contribution in [-0.4, -0.2) is 40.1 Å². The van der Waals surface area contributed by atoms with Gasteiger partial charge in [0.1, 0.15) is 6.04 Å². The molecule has 2 N–H and O–H groups in total. The molecule has 2 amide bonds. The predicted molar refractivity (Wildman–Crippen MR) is 104 cm³/mol. The number of nitrogens with zero attached hydrogens (tertiary/aromatic N) is 2. The average molecular weight is 385 g/mol. The highest BCUT2D eigenvalue weighted by molar-refractivity contribution is 5.95. The van der Waals surface area contributed by atoms with E-state index in [0.29, 0.717) is 18.8 Å². The van der Waals surface area contributed by atoms with Gasteiger partial charge in [0.15, 0.2) is 5.78 Å². The maximum absolute atomic E-state index is 13.2. The molecule has 0 radical (unpaired) electrons. The third kappa shape index (κ3) is 5.04. The lowest BCUT2D eigenvalue weighted by molar-refractivity contribution is -0.145. The van der Waals surface area contributed by atoms with Gasteiger partial charge in [-0.2, -0.15) is 5.10 Å². The standard InChI is InChI=1S/C21H27N3O4/c25-19(13-16-6-2-1-3-7-16)18-10-11-22-24(18)21(27)17(14-20(26)23-28)12-15-8-4-5-9-15/h1-3,6-7,11,15,17-18,28H,4-5,8-10,12-14H2,(H,23,26)/t17-,18+/m1/s1. The molecule has 150 valence electrons. The Morgan fingerprint density at radius 2 is 1.89 bits per heavy atom. The van der Waals surface area contributed by atoms with Crippen molar-refractivity contribution in [2.75, 3.05) is 0 Å². The molecule has 2 atom stereocenters. The zero-order chi connectivity index (χ0) is 19.9. The van der Waals surface area contributed by atoms with Gasteiger partial charge in [-0.3, -0.25) is 19.6 Å². The van der Waals surface area contributed by atoms with Crippen molar-refractivity contribution >= 4 is 23.8 Å². The van der Waals surface area contributed by atoms with Crippen LogP contribution in [0.3, 0.4) is 0 Å². The Bertz CT molecular complexity index is 728. The molecule has 0 aromatic heterocycles. The summed E-state index contributed by atoms with van der Waals surface area (Å²) in [6.07, 6.45) is 7.06. The van der Waals surface area contributed by atoms with E-state index in [1.165, 1.54) is 5.01 Å². The molecule has 1 aliphatic carbocycles. The van der Waals surface area contributed by atoms with Gasteiger partial charge in [-0.1, -0.05) is 56.0 Å². The molecule has 1 aromatic carbocycles. The van der Waals surface area contributed by atoms with Crippen molar-refractivity contribution in [3.05, 3.63) is 35.9 Å². The van der Waals surface area contributed by atoms with E-state index in [1.807, 2.05) is 30.3 Å². The maximum Gasteiger partial charge on any atom is 0.246 e. The first kappa shape index (κ1) is 20.2. The summed E-state index contributed by atoms with van der Waals surface area (Å²) in [6.45, 7) is 0. The van der Waals surface area contributed by atoms with Crippen LogP contribution in [0.2, 0.25) is 0 Å². The van der Waals surface area contributed by atoms with Crippen molar-refractivity contribution in [1.29, 1.82) is 0 Å². The van der Waals surface area contributed by atoms with Gasteiger partial charge in [0.05, 0.1) is 0 Å². The quantitative estimate of drug-likeness (QED) is 0.530. The lowest BCUT2D eigenvalue weighted by Gasteiger charge is -2.26. The van der Waals surface area contributed by atoms with E-state index in [1.54, 1.807) is 11.7 Å². The Morgan fingerprint density at radius 1 is 1.18 bits per heavy atom. The summed E-state index contributed by atoms with van der Waals surface area (Å²) in [5.41, 5.74) is 2.51. The zero-order valence-electron chi connectivity index (χ0n) is 15.9. The molecule has 1 saturated carbocycles. The molecule has 1 fully saturated rings. The van der Waals surface area contributed by atoms with Crippen LogP contribution in [0.5, 0.6) is 0 Å². The second-order valence-electron chi connectivity index (χ2n) is 7.68. The fraction of sp³-hybridized carbons (Fsp3) is 0.524. The number of hydrazone groups is 1. The molecule has 0 unspecified atom stereocenters. The van der Waals surface area contributed by atoms with E-state index in [2.05, 4.69) is 5.10 Å². The summed E-state index contributed by atoms with van der Waals surface area (Å²) < 4.78 is 0. The number of hydrogen-bond donors (Lipinski definition) is 2. The second kappa shape index (κ2) is 9.59. The van der Waals surface area contributed by atoms with Crippen molar-refractivity contribution in [3.8, 4) is 0 Å². The molecule has 3 rings (SSSR count). The first-order valence-corrected chi connectivity index (χ1v) is 9.93. The van der Waals surface area contributed by atoms with Gasteiger partial charge in [-0.15, -0.1) is 0 Å². The molecule has 7 nitrogen and oxygen atoms in total. The Labute approximate surface area is 164 Å². The van der Waals surface area contributed by atoms with Crippen LogP contribution in [0.15, 0.2) is 35.4 Å². The van der Waals surface area contributed by atoms with Crippen LogP contribution in [0, 0.1) is 11.8 Å². The number of rotatable bonds is 8. The van der Waals surface area contributed by atoms with Gasteiger partial charge in [-0.25, -0.2) is 10.5 Å². The maximum atomic E-state index is 13.2. The molecule has 0 spiro atoms. The number of benzene rings is 1. The highest BCUT2D eigenvalue weighted by atomic mass is 16.5. The van der Waals surface area contributed by atoms with Crippen LogP contribution in [0.25, 0.3) is 0 Å². The van der Waals surface area contributed by atoms with Crippen molar-refractivity contribution in [1.82, 2.24) is 10.5 Å². The fourth-order valence-electron chi connectivity index (χ4n) is 4.18. The first-order chi connectivity index (χ1) is 13.6. The Morgan fingerprint density at radius 3 is 2.57 bits per heavy atom. The summed E-state index contributed by atoms with van der Waals surface area (Å²) >= 11 is 0. The average Bonchev–Trinajstić information content (AvgIpc) is 3.39. The van der Waals surface area contributed by atoms with Gasteiger partial charge in [0.2, 0.25) is 11.8 Å². The molecule has 2 aliphatic rings. The number of Topliss-reactive ketones (excluding diaryl/α,β-unsaturated/α-hetero) is 1. The van der Waals surface area contributed by atoms with Gasteiger partial charge in [0, 0.05) is 31.4 Å². The van der Waals surface area contributed by atoms with Gasteiger partial charge in [-0.05, 0) is 17.9 Å². The molecule has 1 heterocycles. The lowest BCUT2D eigenvalue weighted by Crippen LogP contribution is -2.43. The largest absolute Gasteiger partial charge is 0.297 e. The SMILES string of the molecule is O=C(C[C@@H](CC1CCCC1)C(=O)N1N=CC[C@H]1C(=O)Cc1ccccc1)NO. The molecular weight excluding hydrogens is 358 g/mol. The Kier molecular flexibility index (Phi) is 6.92. The lowest BCUT2D eigenvalue weighted by atomic mass is 9.89. The van der Waals surface area contributed by atoms with E-state index in [0.717, 1.165) is 31.2 Å². The summed E-state index contributed by atoms with van der Waals surface area (Å²) in [4.78, 5) is 37.7. The number of hydroxylamine groups is 1. The normalized spacial score (nSPS) is 20.3. The van der Waals surface area contributed by atoms with Crippen LogP contribution in [0.4, 0.5) is 0 Å². The van der Waals surface area contributed by atoms with Crippen molar-refractivity contribution < 1.29 is 19.6 Å². The molecule has 0 saturated heterocycles. The Hall–Kier alpha value is -2.54. The summed E-state index contributed by atoms with van der Waals surface area (Å²) in [6, 6.07) is 8.78. The number of ketones is 1. The zero-order valence-corrected chi connectivity index (χ0v) is 15.9. The number of nitrogens with one attached hydrogen (secondary N) is 1. The molecule has 1 aliphatic heterocycles. The van der Waals surface area contributed by atoms with Crippen LogP contribution in [0.1, 0.15) is 50.5 Å². The molecule has 28 heavy (non-hydrogen) atoms. The first-order valence-electron chi connectivity index (χ1n) is 9.93. The molecular formula is C21H27N3O4. The Balaban J connectivity index is 1.69. The molecule has 7 heteroatoms. The smallest absolute Gasteiger partial charge is 0.246 e. The van der Waals surface area contributed by atoms with Crippen molar-refractivity contribution in [2.24, 2.45) is 16.9 Å². The van der Waals surface area contributed by atoms with Crippen molar-refractivity contribution in [2.45, 2.75) is 57.4 Å². The third-order valence-corrected chi connectivity index (χ3v) is 5.65. The second-order valence-corrected chi connectivity index (χ2v) is 7.68. The highest BCUT2D eigenvalue weighted by Gasteiger charge is 2.37. The highest BCUT2D eigenvalue weighted by Crippen LogP contribution is 2.33. The summed E-state index contributed by atoms with van der Waals surface area (Å²) in [7, 11) is 0. The monoisotopic (exact) mass is 385 g/mol. The van der Waals surface area contributed by atoms with Gasteiger partial charge < -0.3 is 0 Å². The van der Waals surface area contributed by atoms with E-state index in [-0.39, 0.29) is 24.5 Å². The van der Waals surface area contributed by atoms with Gasteiger partial charge >= 0.3 is 0 Å². The van der Waals surface area contributed by atoms with E-state index >= 15 is 0 Å². The fourth-order valence-corrected chi connectivity index (χ4v) is 4.18. The molecule has 0 bridgehead atoms. The van der Waals surface area contributed by atoms with E-state index in [4.69, 9.17) is 5.21 Å². The van der Waals surface area contributed by atoms with Crippen LogP contribution >= 0.6 is 0 Å². The minimum absolute atomic E-state index is 0.0664. The van der Waals surface area contributed by atoms with E-state index < -0.39 is 17.9 Å². The number of hydrogen-bond acceptors (Lipinski definition) is 5. The van der Waals surface area contributed by atoms with E-state index in [9.17, 15) is 14.4 Å². The number of carbonyl (C=O) groups is 3. The number of carbonyl (C=O) groups excluding carboxylic acids is 3. The molecule has 1 aromatic rings. The summed E-state index contributed by atoms with van der Waals surface area (Å²) in [5, 5.41) is 14.3. The van der Waals surface area contributed by atoms with Gasteiger partial charge in [0.25, 0.3) is 0 Å². The minimum Gasteiger partial charge on any atom is -0.297 e. The third-order valence-electron chi connectivity index (χ3n) is 5.65. The summed E-state index contributed by atoms with van der Waals surface area (Å²) in [5.74, 6) is -1.16. The van der Waals surface area contributed by atoms with Crippen LogP contribution in [-0.2, 0) is 20.8 Å². The number of amides is 2. The van der Waals surface area contributed by atoms with Crippen molar-refractivity contribution in [3.63, 3.8) is 0 Å². The predicted octanol–water partition coefficient (Wildman–Crippen LogP) is 2.48.